The Morgan fingerprint density at radius 3 is 2.28 bits per heavy atom. The minimum absolute atomic E-state index is 0.152. The second-order valence-electron chi connectivity index (χ2n) is 9.27. The lowest BCUT2D eigenvalue weighted by Gasteiger charge is -2.26. The van der Waals surface area contributed by atoms with Gasteiger partial charge in [0, 0.05) is 17.2 Å². The first-order chi connectivity index (χ1) is 20.8. The molecule has 0 bridgehead atoms. The van der Waals surface area contributed by atoms with Gasteiger partial charge in [-0.05, 0) is 52.7 Å². The van der Waals surface area contributed by atoms with Crippen molar-refractivity contribution in [2.24, 2.45) is 4.99 Å². The molecule has 11 heteroatoms. The fourth-order valence-electron chi connectivity index (χ4n) is 4.92. The molecule has 0 spiro atoms. The molecule has 1 unspecified atom stereocenters. The molecule has 4 aromatic rings. The quantitative estimate of drug-likeness (QED) is 0.239. The maximum absolute atomic E-state index is 14.2. The third-order valence-electron chi connectivity index (χ3n) is 6.89. The normalized spacial score (nSPS) is 14.6. The van der Waals surface area contributed by atoms with E-state index < -0.39 is 12.0 Å². The Morgan fingerprint density at radius 2 is 1.63 bits per heavy atom. The van der Waals surface area contributed by atoms with Gasteiger partial charge in [0.15, 0.2) is 16.3 Å². The van der Waals surface area contributed by atoms with Crippen LogP contribution in [0.4, 0.5) is 0 Å². The summed E-state index contributed by atoms with van der Waals surface area (Å²) in [5, 5.41) is 0. The Hall–Kier alpha value is -4.35. The number of aromatic nitrogens is 1. The molecule has 0 aliphatic carbocycles. The van der Waals surface area contributed by atoms with Gasteiger partial charge in [-0.25, -0.2) is 9.79 Å². The number of thiazole rings is 1. The molecule has 1 atom stereocenters. The molecule has 0 saturated carbocycles. The summed E-state index contributed by atoms with van der Waals surface area (Å²) in [7, 11) is 6.20. The zero-order chi connectivity index (χ0) is 30.7. The van der Waals surface area contributed by atoms with Crippen LogP contribution in [0.25, 0.3) is 11.8 Å². The molecule has 3 aromatic carbocycles. The number of hydrogen-bond acceptors (Lipinski definition) is 9. The van der Waals surface area contributed by atoms with Crippen LogP contribution in [0.15, 0.2) is 80.5 Å². The molecule has 0 saturated heterocycles. The molecule has 0 amide bonds. The average molecular weight is 666 g/mol. The monoisotopic (exact) mass is 664 g/mol. The van der Waals surface area contributed by atoms with Crippen LogP contribution in [0.2, 0.25) is 0 Å². The second kappa shape index (κ2) is 12.9. The highest BCUT2D eigenvalue weighted by molar-refractivity contribution is 9.10. The largest absolute Gasteiger partial charge is 0.496 e. The number of fused-ring (bicyclic) bond motifs is 1. The van der Waals surface area contributed by atoms with Crippen LogP contribution in [0.5, 0.6) is 23.0 Å². The minimum atomic E-state index is -0.864. The fourth-order valence-corrected chi connectivity index (χ4v) is 6.43. The minimum Gasteiger partial charge on any atom is -0.496 e. The standard InChI is InChI=1S/C32H29BrN2O7S/c1-6-42-31(37)27-28(18-10-8-7-9-11-18)34-32-35(29(27)19-12-13-22(38-2)25(15-19)41-5)30(36)26(43-32)16-20-14-21(33)24(40-4)17-23(20)39-3/h7-17,29H,6H2,1-5H3/b26-16-. The number of carbonyl (C=O) groups is 1. The van der Waals surface area contributed by atoms with Gasteiger partial charge in [0.2, 0.25) is 0 Å². The molecule has 1 aliphatic heterocycles. The average Bonchev–Trinajstić information content (AvgIpc) is 3.34. The van der Waals surface area contributed by atoms with E-state index in [4.69, 9.17) is 28.7 Å². The highest BCUT2D eigenvalue weighted by Gasteiger charge is 2.35. The maximum Gasteiger partial charge on any atom is 0.338 e. The van der Waals surface area contributed by atoms with Crippen molar-refractivity contribution in [1.82, 2.24) is 4.57 Å². The van der Waals surface area contributed by atoms with Crippen LogP contribution < -0.4 is 33.8 Å². The molecule has 0 fully saturated rings. The van der Waals surface area contributed by atoms with Crippen LogP contribution in [0.3, 0.4) is 0 Å². The van der Waals surface area contributed by atoms with Crippen molar-refractivity contribution in [3.63, 3.8) is 0 Å². The van der Waals surface area contributed by atoms with Crippen molar-refractivity contribution < 1.29 is 28.5 Å². The lowest BCUT2D eigenvalue weighted by molar-refractivity contribution is -0.138. The summed E-state index contributed by atoms with van der Waals surface area (Å²) in [5.74, 6) is 1.52. The Morgan fingerprint density at radius 1 is 0.930 bits per heavy atom. The lowest BCUT2D eigenvalue weighted by Crippen LogP contribution is -2.40. The molecular formula is C32H29BrN2O7S. The highest BCUT2D eigenvalue weighted by Crippen LogP contribution is 2.39. The van der Waals surface area contributed by atoms with Crippen molar-refractivity contribution in [3.05, 3.63) is 107 Å². The molecule has 5 rings (SSSR count). The first-order valence-electron chi connectivity index (χ1n) is 13.3. The topological polar surface area (TPSA) is 97.6 Å². The Bertz CT molecular complexity index is 1900. The zero-order valence-corrected chi connectivity index (χ0v) is 26.6. The predicted molar refractivity (Wildman–Crippen MR) is 168 cm³/mol. The third kappa shape index (κ3) is 5.70. The van der Waals surface area contributed by atoms with E-state index in [-0.39, 0.29) is 17.7 Å². The first-order valence-corrected chi connectivity index (χ1v) is 14.9. The number of ether oxygens (including phenoxy) is 5. The lowest BCUT2D eigenvalue weighted by atomic mass is 9.93. The molecule has 9 nitrogen and oxygen atoms in total. The van der Waals surface area contributed by atoms with E-state index in [0.29, 0.717) is 53.6 Å². The number of hydrogen-bond donors (Lipinski definition) is 0. The molecule has 1 aromatic heterocycles. The van der Waals surface area contributed by atoms with E-state index in [0.717, 1.165) is 5.56 Å². The van der Waals surface area contributed by atoms with Gasteiger partial charge < -0.3 is 23.7 Å². The summed E-state index contributed by atoms with van der Waals surface area (Å²) in [6, 6.07) is 17.4. The van der Waals surface area contributed by atoms with Crippen molar-refractivity contribution in [1.29, 1.82) is 0 Å². The van der Waals surface area contributed by atoms with E-state index in [9.17, 15) is 9.59 Å². The summed E-state index contributed by atoms with van der Waals surface area (Å²) in [4.78, 5) is 33.2. The van der Waals surface area contributed by atoms with E-state index >= 15 is 0 Å². The highest BCUT2D eigenvalue weighted by atomic mass is 79.9. The summed E-state index contributed by atoms with van der Waals surface area (Å²) in [6.07, 6.45) is 1.74. The van der Waals surface area contributed by atoms with E-state index in [1.165, 1.54) is 23.0 Å². The van der Waals surface area contributed by atoms with Crippen LogP contribution in [0.1, 0.15) is 29.7 Å². The number of halogens is 1. The van der Waals surface area contributed by atoms with Crippen molar-refractivity contribution in [3.8, 4) is 23.0 Å². The van der Waals surface area contributed by atoms with Crippen molar-refractivity contribution in [2.75, 3.05) is 35.0 Å². The number of esters is 1. The zero-order valence-electron chi connectivity index (χ0n) is 24.2. The van der Waals surface area contributed by atoms with Gasteiger partial charge in [-0.15, -0.1) is 0 Å². The number of benzene rings is 3. The van der Waals surface area contributed by atoms with Crippen molar-refractivity contribution >= 4 is 45.0 Å². The molecule has 0 radical (unpaired) electrons. The third-order valence-corrected chi connectivity index (χ3v) is 8.49. The Labute approximate surface area is 260 Å². The van der Waals surface area contributed by atoms with Gasteiger partial charge in [0.05, 0.1) is 61.4 Å². The molecule has 2 heterocycles. The summed E-state index contributed by atoms with van der Waals surface area (Å²) in [6.45, 7) is 1.89. The smallest absolute Gasteiger partial charge is 0.338 e. The van der Waals surface area contributed by atoms with Crippen LogP contribution in [0, 0.1) is 0 Å². The molecule has 1 aliphatic rings. The van der Waals surface area contributed by atoms with Crippen LogP contribution in [-0.2, 0) is 9.53 Å². The summed E-state index contributed by atoms with van der Waals surface area (Å²) in [5.41, 5.74) is 2.35. The van der Waals surface area contributed by atoms with Crippen LogP contribution in [-0.4, -0.2) is 45.6 Å². The van der Waals surface area contributed by atoms with Gasteiger partial charge >= 0.3 is 5.97 Å². The molecule has 222 valence electrons. The van der Waals surface area contributed by atoms with Gasteiger partial charge in [-0.2, -0.15) is 0 Å². The number of nitrogens with zero attached hydrogens (tertiary/aromatic N) is 2. The van der Waals surface area contributed by atoms with E-state index in [1.807, 2.05) is 36.4 Å². The first kappa shape index (κ1) is 30.1. The Balaban J connectivity index is 1.84. The second-order valence-corrected chi connectivity index (χ2v) is 11.1. The molecular weight excluding hydrogens is 636 g/mol. The van der Waals surface area contributed by atoms with E-state index in [1.54, 1.807) is 58.6 Å². The fraction of sp³-hybridized carbons (Fsp3) is 0.219. The van der Waals surface area contributed by atoms with Gasteiger partial charge in [0.1, 0.15) is 11.5 Å². The SMILES string of the molecule is CCOC(=O)C1=C(c2ccccc2)N=c2s/c(=C\c3cc(Br)c(OC)cc3OC)c(=O)n2C1c1ccc(OC)c(OC)c1. The number of methoxy groups -OCH3 is 4. The summed E-state index contributed by atoms with van der Waals surface area (Å²) < 4.78 is 30.2. The number of carbonyl (C=O) groups excluding carboxylic acids is 1. The molecule has 0 N–H and O–H groups in total. The van der Waals surface area contributed by atoms with Gasteiger partial charge in [0.25, 0.3) is 5.56 Å². The molecule has 43 heavy (non-hydrogen) atoms. The number of rotatable bonds is 9. The van der Waals surface area contributed by atoms with Gasteiger partial charge in [-0.3, -0.25) is 9.36 Å². The van der Waals surface area contributed by atoms with Gasteiger partial charge in [-0.1, -0.05) is 47.7 Å². The van der Waals surface area contributed by atoms with E-state index in [2.05, 4.69) is 15.9 Å². The predicted octanol–water partition coefficient (Wildman–Crippen LogP) is 4.73. The van der Waals surface area contributed by atoms with Crippen molar-refractivity contribution in [2.45, 2.75) is 13.0 Å². The maximum atomic E-state index is 14.2. The van der Waals surface area contributed by atoms with Crippen LogP contribution >= 0.6 is 27.3 Å². The summed E-state index contributed by atoms with van der Waals surface area (Å²) >= 11 is 4.74. The Kier molecular flexibility index (Phi) is 9.02.